The predicted octanol–water partition coefficient (Wildman–Crippen LogP) is 2.37. The van der Waals surface area contributed by atoms with Gasteiger partial charge in [0.25, 0.3) is 5.91 Å². The van der Waals surface area contributed by atoms with Crippen LogP contribution in [0.2, 0.25) is 5.02 Å². The van der Waals surface area contributed by atoms with Crippen LogP contribution in [0.4, 0.5) is 0 Å². The Bertz CT molecular complexity index is 535. The van der Waals surface area contributed by atoms with Gasteiger partial charge < -0.3 is 16.4 Å². The molecule has 0 saturated heterocycles. The molecule has 0 aliphatic rings. The van der Waals surface area contributed by atoms with Crippen LogP contribution in [0.1, 0.15) is 38.1 Å². The summed E-state index contributed by atoms with van der Waals surface area (Å²) in [5, 5.41) is 6.13. The fourth-order valence-corrected chi connectivity index (χ4v) is 1.89. The molecule has 2 atom stereocenters. The molecule has 5 nitrogen and oxygen atoms in total. The van der Waals surface area contributed by atoms with Gasteiger partial charge >= 0.3 is 0 Å². The van der Waals surface area contributed by atoms with Gasteiger partial charge in [-0.2, -0.15) is 0 Å². The number of carbonyl (C=O) groups excluding carboxylic acids is 2. The molecule has 0 heterocycles. The molecule has 0 spiro atoms. The summed E-state index contributed by atoms with van der Waals surface area (Å²) in [4.78, 5) is 24.3. The van der Waals surface area contributed by atoms with E-state index in [9.17, 15) is 9.59 Å². The molecule has 0 radical (unpaired) electrons. The normalized spacial score (nSPS) is 14.4. The second-order valence-electron chi connectivity index (χ2n) is 5.97. The largest absolute Gasteiger partial charge is 0.348 e. The Kier molecular flexibility index (Phi) is 8.59. The van der Waals surface area contributed by atoms with Crippen LogP contribution in [0.3, 0.4) is 0 Å². The summed E-state index contributed by atoms with van der Waals surface area (Å²) in [6.07, 6.45) is 0. The number of benzene rings is 1. The molecule has 0 aromatic heterocycles. The van der Waals surface area contributed by atoms with Crippen molar-refractivity contribution in [1.82, 2.24) is 10.6 Å². The van der Waals surface area contributed by atoms with E-state index in [0.29, 0.717) is 17.1 Å². The zero-order valence-corrected chi connectivity index (χ0v) is 15.4. The highest BCUT2D eigenvalue weighted by molar-refractivity contribution is 6.30. The van der Waals surface area contributed by atoms with Crippen molar-refractivity contribution in [1.29, 1.82) is 0 Å². The Morgan fingerprint density at radius 2 is 1.74 bits per heavy atom. The molecule has 4 N–H and O–H groups in total. The molecule has 1 aromatic rings. The van der Waals surface area contributed by atoms with Gasteiger partial charge in [-0.15, -0.1) is 12.4 Å². The van der Waals surface area contributed by atoms with Crippen molar-refractivity contribution in [2.24, 2.45) is 11.7 Å². The lowest BCUT2D eigenvalue weighted by Crippen LogP contribution is -2.59. The van der Waals surface area contributed by atoms with Crippen LogP contribution in [0.5, 0.6) is 0 Å². The van der Waals surface area contributed by atoms with Gasteiger partial charge in [0.1, 0.15) is 6.04 Å². The summed E-state index contributed by atoms with van der Waals surface area (Å²) in [6, 6.07) is 5.82. The van der Waals surface area contributed by atoms with Gasteiger partial charge in [0.15, 0.2) is 0 Å². The zero-order chi connectivity index (χ0) is 16.9. The molecule has 23 heavy (non-hydrogen) atoms. The summed E-state index contributed by atoms with van der Waals surface area (Å²) in [7, 11) is 0. The van der Waals surface area contributed by atoms with Crippen LogP contribution in [0, 0.1) is 5.92 Å². The predicted molar refractivity (Wildman–Crippen MR) is 96.1 cm³/mol. The quantitative estimate of drug-likeness (QED) is 0.726. The van der Waals surface area contributed by atoms with E-state index in [1.165, 1.54) is 0 Å². The standard InChI is InChI=1S/C16H24ClN3O2.ClH/c1-10(2)16(4,9-18)20-14(21)11(3)19-15(22)12-5-7-13(17)8-6-12;/h5-8,10-11H,9,18H2,1-4H3,(H,19,22)(H,20,21);1H. The fourth-order valence-electron chi connectivity index (χ4n) is 1.77. The average Bonchev–Trinajstić information content (AvgIpc) is 2.47. The fraction of sp³-hybridized carbons (Fsp3) is 0.500. The molecule has 0 aliphatic carbocycles. The van der Waals surface area contributed by atoms with E-state index in [1.54, 1.807) is 31.2 Å². The molecule has 7 heteroatoms. The first-order valence-corrected chi connectivity index (χ1v) is 7.66. The molecule has 1 rings (SSSR count). The highest BCUT2D eigenvalue weighted by atomic mass is 35.5. The molecule has 0 bridgehead atoms. The van der Waals surface area contributed by atoms with E-state index in [0.717, 1.165) is 0 Å². The Labute approximate surface area is 148 Å². The van der Waals surface area contributed by atoms with Crippen LogP contribution >= 0.6 is 24.0 Å². The Morgan fingerprint density at radius 1 is 1.22 bits per heavy atom. The summed E-state index contributed by atoms with van der Waals surface area (Å²) in [5.74, 6) is -0.400. The third-order valence-electron chi connectivity index (χ3n) is 3.95. The van der Waals surface area contributed by atoms with Crippen molar-refractivity contribution in [2.75, 3.05) is 6.54 Å². The van der Waals surface area contributed by atoms with E-state index in [2.05, 4.69) is 10.6 Å². The average molecular weight is 362 g/mol. The number of hydrogen-bond donors (Lipinski definition) is 3. The first kappa shape index (κ1) is 21.7. The van der Waals surface area contributed by atoms with Gasteiger partial charge in [0, 0.05) is 17.1 Å². The van der Waals surface area contributed by atoms with Crippen LogP contribution in [-0.4, -0.2) is 29.9 Å². The van der Waals surface area contributed by atoms with Gasteiger partial charge in [-0.1, -0.05) is 25.4 Å². The van der Waals surface area contributed by atoms with Gasteiger partial charge in [0.2, 0.25) is 5.91 Å². The number of hydrogen-bond acceptors (Lipinski definition) is 3. The smallest absolute Gasteiger partial charge is 0.251 e. The van der Waals surface area contributed by atoms with Gasteiger partial charge in [0.05, 0.1) is 5.54 Å². The van der Waals surface area contributed by atoms with Crippen LogP contribution in [0.25, 0.3) is 0 Å². The van der Waals surface area contributed by atoms with Gasteiger partial charge in [-0.3, -0.25) is 9.59 Å². The van der Waals surface area contributed by atoms with Crippen molar-refractivity contribution in [3.8, 4) is 0 Å². The van der Waals surface area contributed by atoms with Crippen molar-refractivity contribution in [2.45, 2.75) is 39.3 Å². The monoisotopic (exact) mass is 361 g/mol. The number of rotatable bonds is 6. The SMILES string of the molecule is CC(NC(=O)c1ccc(Cl)cc1)C(=O)NC(C)(CN)C(C)C.Cl. The number of nitrogens with two attached hydrogens (primary N) is 1. The van der Waals surface area contributed by atoms with Crippen molar-refractivity contribution < 1.29 is 9.59 Å². The lowest BCUT2D eigenvalue weighted by atomic mass is 9.88. The van der Waals surface area contributed by atoms with E-state index >= 15 is 0 Å². The molecular weight excluding hydrogens is 337 g/mol. The lowest BCUT2D eigenvalue weighted by molar-refractivity contribution is -0.124. The summed E-state index contributed by atoms with van der Waals surface area (Å²) in [5.41, 5.74) is 5.70. The highest BCUT2D eigenvalue weighted by Crippen LogP contribution is 2.15. The highest BCUT2D eigenvalue weighted by Gasteiger charge is 2.30. The second-order valence-corrected chi connectivity index (χ2v) is 6.40. The minimum absolute atomic E-state index is 0. The van der Waals surface area contributed by atoms with Crippen molar-refractivity contribution in [3.63, 3.8) is 0 Å². The van der Waals surface area contributed by atoms with Gasteiger partial charge in [-0.25, -0.2) is 0 Å². The van der Waals surface area contributed by atoms with Crippen LogP contribution < -0.4 is 16.4 Å². The Morgan fingerprint density at radius 3 is 2.17 bits per heavy atom. The Hall–Kier alpha value is -1.30. The molecule has 0 fully saturated rings. The third-order valence-corrected chi connectivity index (χ3v) is 4.21. The van der Waals surface area contributed by atoms with Crippen LogP contribution in [0.15, 0.2) is 24.3 Å². The summed E-state index contributed by atoms with van der Waals surface area (Å²) >= 11 is 5.78. The van der Waals surface area contributed by atoms with E-state index in [4.69, 9.17) is 17.3 Å². The second kappa shape index (κ2) is 9.11. The molecule has 2 unspecified atom stereocenters. The summed E-state index contributed by atoms with van der Waals surface area (Å²) < 4.78 is 0. The van der Waals surface area contributed by atoms with Crippen molar-refractivity contribution >= 4 is 35.8 Å². The first-order chi connectivity index (χ1) is 10.2. The third kappa shape index (κ3) is 6.01. The number of halogens is 2. The van der Waals surface area contributed by atoms with Gasteiger partial charge in [-0.05, 0) is 44.0 Å². The maximum Gasteiger partial charge on any atom is 0.251 e. The van der Waals surface area contributed by atoms with Crippen molar-refractivity contribution in [3.05, 3.63) is 34.9 Å². The Balaban J connectivity index is 0.00000484. The molecule has 0 saturated carbocycles. The molecule has 130 valence electrons. The number of nitrogens with one attached hydrogen (secondary N) is 2. The minimum Gasteiger partial charge on any atom is -0.348 e. The van der Waals surface area contributed by atoms with Crippen LogP contribution in [-0.2, 0) is 4.79 Å². The van der Waals surface area contributed by atoms with E-state index in [1.807, 2.05) is 20.8 Å². The van der Waals surface area contributed by atoms with E-state index < -0.39 is 11.6 Å². The zero-order valence-electron chi connectivity index (χ0n) is 13.9. The lowest BCUT2D eigenvalue weighted by Gasteiger charge is -2.34. The van der Waals surface area contributed by atoms with E-state index in [-0.39, 0.29) is 30.1 Å². The maximum absolute atomic E-state index is 12.2. The minimum atomic E-state index is -0.659. The molecule has 1 aromatic carbocycles. The first-order valence-electron chi connectivity index (χ1n) is 7.28. The molecule has 0 aliphatic heterocycles. The maximum atomic E-state index is 12.2. The molecular formula is C16H25Cl2N3O2. The molecule has 2 amide bonds. The number of amides is 2. The number of carbonyl (C=O) groups is 2. The topological polar surface area (TPSA) is 84.2 Å². The summed E-state index contributed by atoms with van der Waals surface area (Å²) in [6.45, 7) is 7.84.